The largest absolute Gasteiger partial charge is 0.310 e. The highest BCUT2D eigenvalue weighted by Crippen LogP contribution is 2.63. The molecule has 0 radical (unpaired) electrons. The second-order valence-corrected chi connectivity index (χ2v) is 15.0. The molecule has 270 valence electrons. The van der Waals surface area contributed by atoms with E-state index in [1.165, 1.54) is 61.2 Å². The van der Waals surface area contributed by atoms with Gasteiger partial charge in [-0.25, -0.2) is 0 Å². The van der Waals surface area contributed by atoms with Crippen LogP contribution in [0.1, 0.15) is 33.4 Å². The Morgan fingerprint density at radius 3 is 1.56 bits per heavy atom. The number of rotatable bonds is 8. The molecule has 0 bridgehead atoms. The van der Waals surface area contributed by atoms with Crippen molar-refractivity contribution in [3.05, 3.63) is 253 Å². The summed E-state index contributed by atoms with van der Waals surface area (Å²) in [6, 6.07) is 69.2. The first-order valence-corrected chi connectivity index (χ1v) is 19.7. The lowest BCUT2D eigenvalue weighted by atomic mass is 9.70. The van der Waals surface area contributed by atoms with Gasteiger partial charge in [-0.2, -0.15) is 0 Å². The Bertz CT molecular complexity index is 2830. The van der Waals surface area contributed by atoms with Crippen molar-refractivity contribution in [2.45, 2.75) is 12.3 Å². The van der Waals surface area contributed by atoms with Crippen molar-refractivity contribution in [1.82, 2.24) is 0 Å². The highest BCUT2D eigenvalue weighted by molar-refractivity contribution is 5.97. The molecule has 0 aromatic heterocycles. The molecule has 0 atom stereocenters. The summed E-state index contributed by atoms with van der Waals surface area (Å²) in [6.45, 7) is 10.5. The van der Waals surface area contributed by atoms with E-state index in [1.54, 1.807) is 0 Å². The van der Waals surface area contributed by atoms with Gasteiger partial charge in [-0.3, -0.25) is 0 Å². The minimum Gasteiger partial charge on any atom is -0.310 e. The zero-order chi connectivity index (χ0) is 38.5. The van der Waals surface area contributed by atoms with E-state index in [2.05, 4.69) is 213 Å². The van der Waals surface area contributed by atoms with Crippen molar-refractivity contribution < 1.29 is 0 Å². The number of allylic oxidation sites excluding steroid dienone is 4. The summed E-state index contributed by atoms with van der Waals surface area (Å²) in [5, 5.41) is 0. The monoisotopic (exact) mass is 727 g/mol. The molecule has 10 rings (SSSR count). The summed E-state index contributed by atoms with van der Waals surface area (Å²) in [7, 11) is 0. The van der Waals surface area contributed by atoms with E-state index in [1.807, 2.05) is 18.2 Å². The van der Waals surface area contributed by atoms with Gasteiger partial charge in [0, 0.05) is 17.1 Å². The van der Waals surface area contributed by atoms with E-state index in [-0.39, 0.29) is 0 Å². The van der Waals surface area contributed by atoms with Crippen molar-refractivity contribution in [3.8, 4) is 44.5 Å². The molecule has 1 nitrogen and oxygen atoms in total. The van der Waals surface area contributed by atoms with Gasteiger partial charge in [-0.05, 0) is 133 Å². The standard InChI is InChI=1S/C56H41N/c1-4-18-39(5-2)43-34-44(41-21-10-7-11-22-41)36-46(35-43)57(55-32-29-42(33-38(55)3)40-19-8-6-9-20-40)45-30-31-50-49-25-14-17-28-53(49)56(54(50)37-45)51-26-15-12-23-47(51)48-24-13-16-27-52(48)56/h4-37H,1-2H2,3H3/b39-18+. The smallest absolute Gasteiger partial charge is 0.0726 e. The Hall–Kier alpha value is -7.22. The number of fused-ring (bicyclic) bond motifs is 10. The molecule has 2 aliphatic carbocycles. The van der Waals surface area contributed by atoms with Crippen LogP contribution >= 0.6 is 0 Å². The maximum Gasteiger partial charge on any atom is 0.0726 e. The molecule has 2 aliphatic rings. The molecule has 8 aromatic rings. The van der Waals surface area contributed by atoms with Crippen LogP contribution in [0, 0.1) is 6.92 Å². The minimum atomic E-state index is -0.452. The summed E-state index contributed by atoms with van der Waals surface area (Å²) in [6.07, 6.45) is 5.80. The molecule has 0 aliphatic heterocycles. The fourth-order valence-electron chi connectivity index (χ4n) is 9.48. The minimum absolute atomic E-state index is 0.452. The third-order valence-electron chi connectivity index (χ3n) is 11.9. The summed E-state index contributed by atoms with van der Waals surface area (Å²) in [5.41, 5.74) is 21.3. The second-order valence-electron chi connectivity index (χ2n) is 15.0. The predicted molar refractivity (Wildman–Crippen MR) is 241 cm³/mol. The first-order chi connectivity index (χ1) is 28.1. The van der Waals surface area contributed by atoms with E-state index in [9.17, 15) is 0 Å². The van der Waals surface area contributed by atoms with E-state index in [4.69, 9.17) is 0 Å². The Kier molecular flexibility index (Phi) is 8.31. The van der Waals surface area contributed by atoms with Gasteiger partial charge < -0.3 is 4.90 Å². The highest BCUT2D eigenvalue weighted by atomic mass is 15.1. The zero-order valence-corrected chi connectivity index (χ0v) is 32.0. The van der Waals surface area contributed by atoms with E-state index in [0.717, 1.165) is 39.3 Å². The van der Waals surface area contributed by atoms with Gasteiger partial charge in [0.05, 0.1) is 5.41 Å². The molecule has 57 heavy (non-hydrogen) atoms. The van der Waals surface area contributed by atoms with Crippen LogP contribution in [0.15, 0.2) is 219 Å². The van der Waals surface area contributed by atoms with Crippen molar-refractivity contribution in [1.29, 1.82) is 0 Å². The second kappa shape index (κ2) is 13.8. The van der Waals surface area contributed by atoms with Gasteiger partial charge in [0.2, 0.25) is 0 Å². The van der Waals surface area contributed by atoms with Crippen LogP contribution in [0.3, 0.4) is 0 Å². The van der Waals surface area contributed by atoms with Crippen molar-refractivity contribution in [3.63, 3.8) is 0 Å². The van der Waals surface area contributed by atoms with Gasteiger partial charge in [0.15, 0.2) is 0 Å². The Balaban J connectivity index is 1.26. The fraction of sp³-hybridized carbons (Fsp3) is 0.0357. The fourth-order valence-corrected chi connectivity index (χ4v) is 9.48. The lowest BCUT2D eigenvalue weighted by Gasteiger charge is -2.33. The molecule has 0 N–H and O–H groups in total. The summed E-state index contributed by atoms with van der Waals surface area (Å²) >= 11 is 0. The molecule has 0 fully saturated rings. The molecule has 8 aromatic carbocycles. The maximum atomic E-state index is 4.21. The third-order valence-corrected chi connectivity index (χ3v) is 11.9. The van der Waals surface area contributed by atoms with Gasteiger partial charge in [-0.1, -0.05) is 177 Å². The van der Waals surface area contributed by atoms with Gasteiger partial charge in [0.1, 0.15) is 0 Å². The molecular formula is C56H41N. The number of nitrogens with zero attached hydrogens (tertiary/aromatic N) is 1. The first kappa shape index (κ1) is 34.3. The normalized spacial score (nSPS) is 13.0. The Morgan fingerprint density at radius 2 is 1.00 bits per heavy atom. The Morgan fingerprint density at radius 1 is 0.456 bits per heavy atom. The summed E-state index contributed by atoms with van der Waals surface area (Å²) in [5.74, 6) is 0. The van der Waals surface area contributed by atoms with E-state index >= 15 is 0 Å². The number of hydrogen-bond donors (Lipinski definition) is 0. The van der Waals surface area contributed by atoms with Crippen LogP contribution in [-0.2, 0) is 5.41 Å². The topological polar surface area (TPSA) is 3.24 Å². The molecular weight excluding hydrogens is 687 g/mol. The lowest BCUT2D eigenvalue weighted by molar-refractivity contribution is 0.793. The molecule has 0 saturated carbocycles. The van der Waals surface area contributed by atoms with Crippen molar-refractivity contribution in [2.75, 3.05) is 4.90 Å². The van der Waals surface area contributed by atoms with E-state index in [0.29, 0.717) is 0 Å². The SMILES string of the molecule is C=C/C=C(\C=C)c1cc(-c2ccccc2)cc(N(c2ccc3c(c2)C2(c4ccccc4-c4ccccc42)c2ccccc2-3)c2ccc(-c3ccccc3)cc2C)c1. The number of aryl methyl sites for hydroxylation is 1. The summed E-state index contributed by atoms with van der Waals surface area (Å²) < 4.78 is 0. The van der Waals surface area contributed by atoms with Gasteiger partial charge in [-0.15, -0.1) is 0 Å². The van der Waals surface area contributed by atoms with Gasteiger partial charge >= 0.3 is 0 Å². The van der Waals surface area contributed by atoms with Crippen LogP contribution in [0.4, 0.5) is 17.1 Å². The number of anilines is 3. The molecule has 0 saturated heterocycles. The van der Waals surface area contributed by atoms with Gasteiger partial charge in [0.25, 0.3) is 0 Å². The van der Waals surface area contributed by atoms with Crippen LogP contribution in [-0.4, -0.2) is 0 Å². The number of hydrogen-bond acceptors (Lipinski definition) is 1. The van der Waals surface area contributed by atoms with E-state index < -0.39 is 5.41 Å². The molecule has 0 amide bonds. The maximum absolute atomic E-state index is 4.21. The predicted octanol–water partition coefficient (Wildman–Crippen LogP) is 14.9. The van der Waals surface area contributed by atoms with Crippen LogP contribution < -0.4 is 4.90 Å². The first-order valence-electron chi connectivity index (χ1n) is 19.7. The number of benzene rings is 8. The zero-order valence-electron chi connectivity index (χ0n) is 32.0. The quantitative estimate of drug-likeness (QED) is 0.141. The van der Waals surface area contributed by atoms with Crippen LogP contribution in [0.5, 0.6) is 0 Å². The molecule has 1 spiro atoms. The highest BCUT2D eigenvalue weighted by Gasteiger charge is 2.51. The molecule has 0 unspecified atom stereocenters. The summed E-state index contributed by atoms with van der Waals surface area (Å²) in [4.78, 5) is 2.46. The lowest BCUT2D eigenvalue weighted by Crippen LogP contribution is -2.26. The Labute approximate surface area is 335 Å². The average molecular weight is 728 g/mol. The third kappa shape index (κ3) is 5.39. The van der Waals surface area contributed by atoms with Crippen LogP contribution in [0.2, 0.25) is 0 Å². The van der Waals surface area contributed by atoms with Crippen molar-refractivity contribution in [2.24, 2.45) is 0 Å². The molecule has 1 heteroatoms. The van der Waals surface area contributed by atoms with Crippen molar-refractivity contribution >= 4 is 22.6 Å². The average Bonchev–Trinajstić information content (AvgIpc) is 3.74. The van der Waals surface area contributed by atoms with Crippen LogP contribution in [0.25, 0.3) is 50.1 Å². The molecule has 0 heterocycles.